The fourth-order valence-corrected chi connectivity index (χ4v) is 2.12. The van der Waals surface area contributed by atoms with Gasteiger partial charge in [-0.1, -0.05) is 11.2 Å². The van der Waals surface area contributed by atoms with Gasteiger partial charge in [-0.15, -0.1) is 0 Å². The Kier molecular flexibility index (Phi) is 6.01. The molecule has 1 heterocycles. The minimum Gasteiger partial charge on any atom is -0.444 e. The lowest BCUT2D eigenvalue weighted by atomic mass is 10.2. The molecule has 0 saturated carbocycles. The van der Waals surface area contributed by atoms with Crippen LogP contribution < -0.4 is 10.6 Å². The number of alkyl carbamates (subject to hydrolysis) is 1. The number of anilines is 1. The molecule has 10 heteroatoms. The number of ether oxygens (including phenoxy) is 1. The molecule has 0 bridgehead atoms. The number of hydrogen-bond acceptors (Lipinski definition) is 5. The highest BCUT2D eigenvalue weighted by Gasteiger charge is 2.30. The first kappa shape index (κ1) is 21.3. The second-order valence-corrected chi connectivity index (χ2v) is 7.02. The number of hydrogen-bond donors (Lipinski definition) is 2. The third kappa shape index (κ3) is 6.00. The number of nitrogens with one attached hydrogen (secondary N) is 2. The SMILES string of the molecule is CC(NC(=O)OC(C)(C)C)c1cc(C(=O)Nc2cccc(C(F)(F)F)c2)no1. The fraction of sp³-hybridized carbons (Fsp3) is 0.389. The molecule has 2 amide bonds. The van der Waals surface area contributed by atoms with Crippen LogP contribution in [0, 0.1) is 0 Å². The highest BCUT2D eigenvalue weighted by Crippen LogP contribution is 2.30. The van der Waals surface area contributed by atoms with Crippen LogP contribution >= 0.6 is 0 Å². The number of halogens is 3. The number of rotatable bonds is 4. The summed E-state index contributed by atoms with van der Waals surface area (Å²) in [7, 11) is 0. The van der Waals surface area contributed by atoms with Crippen LogP contribution in [-0.2, 0) is 10.9 Å². The van der Waals surface area contributed by atoms with Crippen molar-refractivity contribution in [3.63, 3.8) is 0 Å². The van der Waals surface area contributed by atoms with Crippen molar-refractivity contribution in [3.05, 3.63) is 47.3 Å². The van der Waals surface area contributed by atoms with Gasteiger partial charge in [0.2, 0.25) is 0 Å². The van der Waals surface area contributed by atoms with E-state index < -0.39 is 35.4 Å². The summed E-state index contributed by atoms with van der Waals surface area (Å²) in [6, 6.07) is 4.85. The first-order valence-electron chi connectivity index (χ1n) is 8.30. The first-order valence-corrected chi connectivity index (χ1v) is 8.30. The van der Waals surface area contributed by atoms with E-state index >= 15 is 0 Å². The predicted octanol–water partition coefficient (Wildman–Crippen LogP) is 4.53. The van der Waals surface area contributed by atoms with Crippen LogP contribution in [0.15, 0.2) is 34.9 Å². The van der Waals surface area contributed by atoms with Crippen molar-refractivity contribution in [1.29, 1.82) is 0 Å². The van der Waals surface area contributed by atoms with Crippen LogP contribution in [0.2, 0.25) is 0 Å². The Labute approximate surface area is 159 Å². The van der Waals surface area contributed by atoms with Crippen molar-refractivity contribution in [2.24, 2.45) is 0 Å². The largest absolute Gasteiger partial charge is 0.444 e. The van der Waals surface area contributed by atoms with E-state index in [-0.39, 0.29) is 17.1 Å². The maximum Gasteiger partial charge on any atom is 0.416 e. The minimum absolute atomic E-state index is 0.0377. The number of nitrogens with zero attached hydrogens (tertiary/aromatic N) is 1. The molecule has 0 aliphatic heterocycles. The zero-order chi connectivity index (χ0) is 21.1. The zero-order valence-electron chi connectivity index (χ0n) is 15.7. The van der Waals surface area contributed by atoms with E-state index in [9.17, 15) is 22.8 Å². The molecule has 2 N–H and O–H groups in total. The second-order valence-electron chi connectivity index (χ2n) is 7.02. The molecule has 7 nitrogen and oxygen atoms in total. The highest BCUT2D eigenvalue weighted by molar-refractivity contribution is 6.02. The molecule has 1 atom stereocenters. The smallest absolute Gasteiger partial charge is 0.416 e. The Hall–Kier alpha value is -3.04. The van der Waals surface area contributed by atoms with Gasteiger partial charge in [0.05, 0.1) is 11.6 Å². The van der Waals surface area contributed by atoms with E-state index in [1.165, 1.54) is 18.2 Å². The summed E-state index contributed by atoms with van der Waals surface area (Å²) in [6.07, 6.45) is -5.20. The Balaban J connectivity index is 2.03. The van der Waals surface area contributed by atoms with Gasteiger partial charge in [-0.3, -0.25) is 4.79 Å². The number of carbonyl (C=O) groups is 2. The van der Waals surface area contributed by atoms with Gasteiger partial charge >= 0.3 is 12.3 Å². The molecule has 0 saturated heterocycles. The number of amides is 2. The Morgan fingerprint density at radius 2 is 1.86 bits per heavy atom. The van der Waals surface area contributed by atoms with Crippen molar-refractivity contribution in [3.8, 4) is 0 Å². The summed E-state index contributed by atoms with van der Waals surface area (Å²) in [5.74, 6) is -0.571. The third-order valence-corrected chi connectivity index (χ3v) is 3.37. The van der Waals surface area contributed by atoms with E-state index in [2.05, 4.69) is 15.8 Å². The lowest BCUT2D eigenvalue weighted by Gasteiger charge is -2.21. The zero-order valence-corrected chi connectivity index (χ0v) is 15.7. The molecule has 1 aromatic heterocycles. The summed E-state index contributed by atoms with van der Waals surface area (Å²) in [6.45, 7) is 6.73. The summed E-state index contributed by atoms with van der Waals surface area (Å²) < 4.78 is 48.4. The van der Waals surface area contributed by atoms with Gasteiger partial charge in [-0.25, -0.2) is 4.79 Å². The van der Waals surface area contributed by atoms with Crippen LogP contribution in [0.25, 0.3) is 0 Å². The number of carbonyl (C=O) groups excluding carboxylic acids is 2. The predicted molar refractivity (Wildman–Crippen MR) is 93.7 cm³/mol. The third-order valence-electron chi connectivity index (χ3n) is 3.37. The topological polar surface area (TPSA) is 93.5 Å². The fourth-order valence-electron chi connectivity index (χ4n) is 2.12. The van der Waals surface area contributed by atoms with Gasteiger partial charge in [0, 0.05) is 11.8 Å². The van der Waals surface area contributed by atoms with Crippen LogP contribution in [0.5, 0.6) is 0 Å². The van der Waals surface area contributed by atoms with Crippen molar-refractivity contribution in [2.75, 3.05) is 5.32 Å². The normalized spacial score (nSPS) is 13.0. The maximum atomic E-state index is 12.7. The average Bonchev–Trinajstić information content (AvgIpc) is 3.02. The van der Waals surface area contributed by atoms with E-state index in [0.29, 0.717) is 0 Å². The number of benzene rings is 1. The molecule has 0 radical (unpaired) electrons. The summed E-state index contributed by atoms with van der Waals surface area (Å²) in [4.78, 5) is 24.0. The standard InChI is InChI=1S/C18H20F3N3O4/c1-10(22-16(26)27-17(2,3)4)14-9-13(24-28-14)15(25)23-12-7-5-6-11(8-12)18(19,20)21/h5-10H,1-4H3,(H,22,26)(H,23,25). The molecule has 0 fully saturated rings. The van der Waals surface area contributed by atoms with Gasteiger partial charge in [0.25, 0.3) is 5.91 Å². The number of aromatic nitrogens is 1. The highest BCUT2D eigenvalue weighted by atomic mass is 19.4. The van der Waals surface area contributed by atoms with Gasteiger partial charge in [0.1, 0.15) is 5.60 Å². The summed E-state index contributed by atoms with van der Waals surface area (Å²) in [5, 5.41) is 8.43. The van der Waals surface area contributed by atoms with Gasteiger partial charge in [-0.05, 0) is 45.9 Å². The molecule has 28 heavy (non-hydrogen) atoms. The molecule has 0 aliphatic carbocycles. The number of alkyl halides is 3. The second kappa shape index (κ2) is 7.91. The Bertz CT molecular complexity index is 856. The lowest BCUT2D eigenvalue weighted by Crippen LogP contribution is -2.33. The molecule has 2 aromatic rings. The van der Waals surface area contributed by atoms with E-state index in [1.807, 2.05) is 0 Å². The van der Waals surface area contributed by atoms with Crippen LogP contribution in [-0.4, -0.2) is 22.8 Å². The maximum absolute atomic E-state index is 12.7. The van der Waals surface area contributed by atoms with Crippen molar-refractivity contribution in [1.82, 2.24) is 10.5 Å². The molecule has 1 aromatic carbocycles. The molecular formula is C18H20F3N3O4. The van der Waals surface area contributed by atoms with Crippen LogP contribution in [0.1, 0.15) is 55.5 Å². The first-order chi connectivity index (χ1) is 12.8. The van der Waals surface area contributed by atoms with Crippen LogP contribution in [0.4, 0.5) is 23.7 Å². The molecule has 0 spiro atoms. The van der Waals surface area contributed by atoms with Crippen molar-refractivity contribution < 1.29 is 32.0 Å². The van der Waals surface area contributed by atoms with Gasteiger partial charge in [0.15, 0.2) is 11.5 Å². The van der Waals surface area contributed by atoms with Crippen LogP contribution in [0.3, 0.4) is 0 Å². The quantitative estimate of drug-likeness (QED) is 0.788. The minimum atomic E-state index is -4.52. The molecule has 2 rings (SSSR count). The van der Waals surface area contributed by atoms with Crippen molar-refractivity contribution in [2.45, 2.75) is 45.5 Å². The summed E-state index contributed by atoms with van der Waals surface area (Å²) in [5.41, 5.74) is -1.75. The van der Waals surface area contributed by atoms with Gasteiger partial charge < -0.3 is 19.9 Å². The Morgan fingerprint density at radius 3 is 2.46 bits per heavy atom. The van der Waals surface area contributed by atoms with Crippen molar-refractivity contribution >= 4 is 17.7 Å². The summed E-state index contributed by atoms with van der Waals surface area (Å²) >= 11 is 0. The van der Waals surface area contributed by atoms with E-state index in [4.69, 9.17) is 9.26 Å². The molecule has 152 valence electrons. The average molecular weight is 399 g/mol. The van der Waals surface area contributed by atoms with E-state index in [1.54, 1.807) is 27.7 Å². The monoisotopic (exact) mass is 399 g/mol. The Morgan fingerprint density at radius 1 is 1.18 bits per heavy atom. The van der Waals surface area contributed by atoms with Gasteiger partial charge in [-0.2, -0.15) is 13.2 Å². The van der Waals surface area contributed by atoms with E-state index in [0.717, 1.165) is 12.1 Å². The lowest BCUT2D eigenvalue weighted by molar-refractivity contribution is -0.137. The molecular weight excluding hydrogens is 379 g/mol. The molecule has 1 unspecified atom stereocenters. The molecule has 0 aliphatic rings.